The van der Waals surface area contributed by atoms with Crippen LogP contribution in [-0.4, -0.2) is 63.3 Å². The third-order valence-corrected chi connectivity index (χ3v) is 5.24. The van der Waals surface area contributed by atoms with Crippen molar-refractivity contribution in [1.82, 2.24) is 15.1 Å². The summed E-state index contributed by atoms with van der Waals surface area (Å²) < 4.78 is 10.8. The third kappa shape index (κ3) is 5.41. The number of methoxy groups -OCH3 is 2. The van der Waals surface area contributed by atoms with Crippen molar-refractivity contribution in [2.45, 2.75) is 25.4 Å². The molecule has 0 radical (unpaired) electrons. The van der Waals surface area contributed by atoms with Crippen molar-refractivity contribution in [3.8, 4) is 11.5 Å². The molecule has 1 N–H and O–H groups in total. The van der Waals surface area contributed by atoms with Gasteiger partial charge in [0.05, 0.1) is 14.2 Å². The highest BCUT2D eigenvalue weighted by molar-refractivity contribution is 5.75. The van der Waals surface area contributed by atoms with Crippen molar-refractivity contribution in [3.63, 3.8) is 0 Å². The van der Waals surface area contributed by atoms with Crippen LogP contribution in [0.1, 0.15) is 16.7 Å². The Kier molecular flexibility index (Phi) is 6.99. The molecule has 156 valence electrons. The SMILES string of the molecule is COc1cc2c(cc1OC)CN(C(=O)NC(Cc1ccccc1)CN(C)C)CC2. The van der Waals surface area contributed by atoms with Crippen LogP contribution in [0.5, 0.6) is 11.5 Å². The fraction of sp³-hybridized carbons (Fsp3) is 0.435. The highest BCUT2D eigenvalue weighted by Gasteiger charge is 2.24. The molecular formula is C23H31N3O3. The van der Waals surface area contributed by atoms with Crippen molar-refractivity contribution in [2.24, 2.45) is 0 Å². The molecule has 0 fully saturated rings. The van der Waals surface area contributed by atoms with Crippen LogP contribution in [0.25, 0.3) is 0 Å². The molecule has 2 aromatic carbocycles. The van der Waals surface area contributed by atoms with E-state index in [0.717, 1.165) is 30.7 Å². The van der Waals surface area contributed by atoms with Crippen LogP contribution in [-0.2, 0) is 19.4 Å². The Bertz CT molecular complexity index is 824. The molecule has 6 nitrogen and oxygen atoms in total. The predicted octanol–water partition coefficient (Wildman–Crippen LogP) is 2.94. The molecule has 29 heavy (non-hydrogen) atoms. The zero-order valence-corrected chi connectivity index (χ0v) is 17.8. The van der Waals surface area contributed by atoms with Crippen molar-refractivity contribution in [3.05, 3.63) is 59.2 Å². The first-order valence-electron chi connectivity index (χ1n) is 9.98. The van der Waals surface area contributed by atoms with E-state index in [0.29, 0.717) is 18.8 Å². The normalized spacial score (nSPS) is 14.3. The number of hydrogen-bond acceptors (Lipinski definition) is 4. The fourth-order valence-electron chi connectivity index (χ4n) is 3.82. The highest BCUT2D eigenvalue weighted by atomic mass is 16.5. The maximum Gasteiger partial charge on any atom is 0.317 e. The number of urea groups is 1. The molecule has 3 rings (SSSR count). The number of hydrogen-bond donors (Lipinski definition) is 1. The van der Waals surface area contributed by atoms with Crippen LogP contribution < -0.4 is 14.8 Å². The van der Waals surface area contributed by atoms with E-state index in [9.17, 15) is 4.79 Å². The molecule has 2 aromatic rings. The molecule has 0 aromatic heterocycles. The maximum absolute atomic E-state index is 13.0. The van der Waals surface area contributed by atoms with E-state index >= 15 is 0 Å². The van der Waals surface area contributed by atoms with Gasteiger partial charge in [0, 0.05) is 25.7 Å². The van der Waals surface area contributed by atoms with Crippen LogP contribution in [0.15, 0.2) is 42.5 Å². The molecule has 6 heteroatoms. The zero-order valence-electron chi connectivity index (χ0n) is 17.8. The van der Waals surface area contributed by atoms with Gasteiger partial charge in [0.15, 0.2) is 11.5 Å². The maximum atomic E-state index is 13.0. The molecule has 1 aliphatic rings. The summed E-state index contributed by atoms with van der Waals surface area (Å²) >= 11 is 0. The van der Waals surface area contributed by atoms with Gasteiger partial charge in [-0.15, -0.1) is 0 Å². The van der Waals surface area contributed by atoms with Crippen molar-refractivity contribution in [2.75, 3.05) is 41.4 Å². The van der Waals surface area contributed by atoms with Gasteiger partial charge < -0.3 is 24.6 Å². The first-order valence-corrected chi connectivity index (χ1v) is 9.98. The number of ether oxygens (including phenoxy) is 2. The minimum atomic E-state index is -0.0202. The number of likely N-dealkylation sites (N-methyl/N-ethyl adjacent to an activating group) is 1. The van der Waals surface area contributed by atoms with E-state index in [1.807, 2.05) is 49.3 Å². The Balaban J connectivity index is 1.69. The van der Waals surface area contributed by atoms with E-state index in [1.54, 1.807) is 14.2 Å². The standard InChI is InChI=1S/C23H31N3O3/c1-25(2)16-20(12-17-8-6-5-7-9-17)24-23(27)26-11-10-18-13-21(28-3)22(29-4)14-19(18)15-26/h5-9,13-14,20H,10-12,15-16H2,1-4H3,(H,24,27). The van der Waals surface area contributed by atoms with Crippen LogP contribution in [0.3, 0.4) is 0 Å². The van der Waals surface area contributed by atoms with Gasteiger partial charge in [0.1, 0.15) is 0 Å². The molecule has 0 aliphatic carbocycles. The molecule has 1 heterocycles. The topological polar surface area (TPSA) is 54.0 Å². The summed E-state index contributed by atoms with van der Waals surface area (Å²) in [5.41, 5.74) is 3.54. The first-order chi connectivity index (χ1) is 14.0. The van der Waals surface area contributed by atoms with Crippen LogP contribution in [0.4, 0.5) is 4.79 Å². The average molecular weight is 398 g/mol. The first kappa shape index (κ1) is 21.0. The van der Waals surface area contributed by atoms with Crippen LogP contribution in [0, 0.1) is 0 Å². The molecule has 0 bridgehead atoms. The summed E-state index contributed by atoms with van der Waals surface area (Å²) in [6, 6.07) is 14.3. The van der Waals surface area contributed by atoms with Gasteiger partial charge in [0.25, 0.3) is 0 Å². The van der Waals surface area contributed by atoms with Crippen molar-refractivity contribution in [1.29, 1.82) is 0 Å². The molecule has 0 saturated heterocycles. The van der Waals surface area contributed by atoms with Gasteiger partial charge in [0.2, 0.25) is 0 Å². The van der Waals surface area contributed by atoms with E-state index in [-0.39, 0.29) is 12.1 Å². The smallest absolute Gasteiger partial charge is 0.317 e. The molecule has 0 saturated carbocycles. The van der Waals surface area contributed by atoms with Gasteiger partial charge >= 0.3 is 6.03 Å². The summed E-state index contributed by atoms with van der Waals surface area (Å²) in [6.07, 6.45) is 1.61. The average Bonchev–Trinajstić information content (AvgIpc) is 2.72. The second-order valence-corrected chi connectivity index (χ2v) is 7.75. The Labute approximate surface area is 173 Å². The number of amides is 2. The van der Waals surface area contributed by atoms with E-state index in [1.165, 1.54) is 11.1 Å². The third-order valence-electron chi connectivity index (χ3n) is 5.24. The van der Waals surface area contributed by atoms with E-state index in [2.05, 4.69) is 22.3 Å². The Hall–Kier alpha value is -2.73. The monoisotopic (exact) mass is 397 g/mol. The van der Waals surface area contributed by atoms with Crippen molar-refractivity contribution >= 4 is 6.03 Å². The Morgan fingerprint density at radius 2 is 1.76 bits per heavy atom. The number of rotatable bonds is 7. The number of benzene rings is 2. The van der Waals surface area contributed by atoms with Gasteiger partial charge in [-0.25, -0.2) is 4.79 Å². The molecule has 1 atom stereocenters. The van der Waals surface area contributed by atoms with Gasteiger partial charge in [-0.05, 0) is 55.8 Å². The number of fused-ring (bicyclic) bond motifs is 1. The lowest BCUT2D eigenvalue weighted by molar-refractivity contribution is 0.185. The van der Waals surface area contributed by atoms with Gasteiger partial charge in [-0.3, -0.25) is 0 Å². The number of carbonyl (C=O) groups is 1. The Morgan fingerprint density at radius 1 is 1.10 bits per heavy atom. The second-order valence-electron chi connectivity index (χ2n) is 7.75. The summed E-state index contributed by atoms with van der Waals surface area (Å²) in [7, 11) is 7.33. The lowest BCUT2D eigenvalue weighted by atomic mass is 9.99. The summed E-state index contributed by atoms with van der Waals surface area (Å²) in [4.78, 5) is 17.0. The summed E-state index contributed by atoms with van der Waals surface area (Å²) in [5, 5.41) is 3.24. The fourth-order valence-corrected chi connectivity index (χ4v) is 3.82. The Morgan fingerprint density at radius 3 is 2.38 bits per heavy atom. The quantitative estimate of drug-likeness (QED) is 0.781. The second kappa shape index (κ2) is 9.65. The minimum absolute atomic E-state index is 0.0202. The molecule has 1 aliphatic heterocycles. The van der Waals surface area contributed by atoms with Gasteiger partial charge in [-0.2, -0.15) is 0 Å². The summed E-state index contributed by atoms with van der Waals surface area (Å²) in [6.45, 7) is 2.05. The number of nitrogens with zero attached hydrogens (tertiary/aromatic N) is 2. The lowest BCUT2D eigenvalue weighted by Gasteiger charge is -2.32. The van der Waals surface area contributed by atoms with Gasteiger partial charge in [-0.1, -0.05) is 30.3 Å². The zero-order chi connectivity index (χ0) is 20.8. The molecule has 0 spiro atoms. The van der Waals surface area contributed by atoms with Crippen LogP contribution >= 0.6 is 0 Å². The largest absolute Gasteiger partial charge is 0.493 e. The number of nitrogens with one attached hydrogen (secondary N) is 1. The molecule has 1 unspecified atom stereocenters. The van der Waals surface area contributed by atoms with Crippen LogP contribution in [0.2, 0.25) is 0 Å². The molecule has 2 amide bonds. The van der Waals surface area contributed by atoms with Crippen molar-refractivity contribution < 1.29 is 14.3 Å². The summed E-state index contributed by atoms with van der Waals surface area (Å²) in [5.74, 6) is 1.43. The highest BCUT2D eigenvalue weighted by Crippen LogP contribution is 2.33. The minimum Gasteiger partial charge on any atom is -0.493 e. The number of carbonyl (C=O) groups excluding carboxylic acids is 1. The van der Waals surface area contributed by atoms with E-state index in [4.69, 9.17) is 9.47 Å². The molecular weight excluding hydrogens is 366 g/mol. The lowest BCUT2D eigenvalue weighted by Crippen LogP contribution is -2.50. The predicted molar refractivity (Wildman–Crippen MR) is 115 cm³/mol. The van der Waals surface area contributed by atoms with E-state index < -0.39 is 0 Å².